The smallest absolute Gasteiger partial charge is 0.339 e. The lowest BCUT2D eigenvalue weighted by molar-refractivity contribution is -0.0720. The van der Waals surface area contributed by atoms with Gasteiger partial charge < -0.3 is 10.5 Å². The molecule has 2 amide bonds. The van der Waals surface area contributed by atoms with E-state index in [0.717, 1.165) is 10.8 Å². The van der Waals surface area contributed by atoms with E-state index in [4.69, 9.17) is 10.5 Å². The van der Waals surface area contributed by atoms with Gasteiger partial charge in [0.2, 0.25) is 0 Å². The normalized spacial score (nSPS) is 11.9. The Bertz CT molecular complexity index is 573. The second kappa shape index (κ2) is 6.36. The molecule has 0 radical (unpaired) electrons. The standard InChI is InChI=1S/C13H15N3O3S/c1-9(16(18)13(14)17)11-8-20-12(15-11)7-19-10-5-3-2-4-6-10/h2-6,8-9,18H,7H2,1H3,(H2,14,17). The summed E-state index contributed by atoms with van der Waals surface area (Å²) in [5.74, 6) is 0.762. The van der Waals surface area contributed by atoms with E-state index in [1.54, 1.807) is 12.3 Å². The Labute approximate surface area is 120 Å². The highest BCUT2D eigenvalue weighted by molar-refractivity contribution is 7.09. The molecule has 1 unspecified atom stereocenters. The maximum Gasteiger partial charge on any atom is 0.339 e. The van der Waals surface area contributed by atoms with Crippen LogP contribution in [0.3, 0.4) is 0 Å². The number of amides is 2. The molecule has 0 aliphatic rings. The van der Waals surface area contributed by atoms with Crippen LogP contribution in [0.1, 0.15) is 23.7 Å². The first kappa shape index (κ1) is 14.3. The van der Waals surface area contributed by atoms with Crippen molar-refractivity contribution in [3.63, 3.8) is 0 Å². The highest BCUT2D eigenvalue weighted by atomic mass is 32.1. The van der Waals surface area contributed by atoms with Crippen molar-refractivity contribution in [2.24, 2.45) is 5.73 Å². The number of nitrogens with two attached hydrogens (primary N) is 1. The third kappa shape index (κ3) is 3.46. The zero-order chi connectivity index (χ0) is 14.5. The van der Waals surface area contributed by atoms with Crippen LogP contribution in [0.2, 0.25) is 0 Å². The van der Waals surface area contributed by atoms with Gasteiger partial charge in [0.25, 0.3) is 0 Å². The SMILES string of the molecule is CC(c1csc(COc2ccccc2)n1)N(O)C(N)=O. The first-order valence-corrected chi connectivity index (χ1v) is 6.85. The summed E-state index contributed by atoms with van der Waals surface area (Å²) < 4.78 is 5.57. The number of nitrogens with zero attached hydrogens (tertiary/aromatic N) is 2. The largest absolute Gasteiger partial charge is 0.486 e. The van der Waals surface area contributed by atoms with Gasteiger partial charge in [-0.25, -0.2) is 9.78 Å². The minimum absolute atomic E-state index is 0.337. The second-order valence-corrected chi connectivity index (χ2v) is 5.07. The number of ether oxygens (including phenoxy) is 1. The second-order valence-electron chi connectivity index (χ2n) is 4.13. The number of para-hydroxylation sites is 1. The number of primary amides is 1. The van der Waals surface area contributed by atoms with Gasteiger partial charge in [-0.2, -0.15) is 5.06 Å². The molecule has 3 N–H and O–H groups in total. The molecule has 0 bridgehead atoms. The zero-order valence-electron chi connectivity index (χ0n) is 10.9. The van der Waals surface area contributed by atoms with Crippen LogP contribution in [0, 0.1) is 0 Å². The maximum atomic E-state index is 10.9. The fraction of sp³-hybridized carbons (Fsp3) is 0.231. The first-order chi connectivity index (χ1) is 9.58. The zero-order valence-corrected chi connectivity index (χ0v) is 11.7. The van der Waals surface area contributed by atoms with E-state index in [1.165, 1.54) is 11.3 Å². The van der Waals surface area contributed by atoms with Crippen LogP contribution in [0.5, 0.6) is 5.75 Å². The van der Waals surface area contributed by atoms with Crippen molar-refractivity contribution in [1.29, 1.82) is 0 Å². The third-order valence-corrected chi connectivity index (χ3v) is 3.54. The van der Waals surface area contributed by atoms with Gasteiger partial charge in [-0.3, -0.25) is 5.21 Å². The van der Waals surface area contributed by atoms with Crippen LogP contribution in [0.25, 0.3) is 0 Å². The quantitative estimate of drug-likeness (QED) is 0.655. The van der Waals surface area contributed by atoms with E-state index in [1.807, 2.05) is 30.3 Å². The molecule has 1 heterocycles. The lowest BCUT2D eigenvalue weighted by Gasteiger charge is -2.18. The van der Waals surface area contributed by atoms with Gasteiger partial charge in [0.1, 0.15) is 23.4 Å². The van der Waals surface area contributed by atoms with Crippen molar-refractivity contribution in [1.82, 2.24) is 10.0 Å². The third-order valence-electron chi connectivity index (χ3n) is 2.70. The fourth-order valence-electron chi connectivity index (χ4n) is 1.56. The molecule has 2 rings (SSSR count). The average Bonchev–Trinajstić information content (AvgIpc) is 2.93. The van der Waals surface area contributed by atoms with Crippen LogP contribution < -0.4 is 10.5 Å². The summed E-state index contributed by atoms with van der Waals surface area (Å²) in [4.78, 5) is 15.2. The van der Waals surface area contributed by atoms with Crippen molar-refractivity contribution in [2.45, 2.75) is 19.6 Å². The lowest BCUT2D eigenvalue weighted by atomic mass is 10.2. The molecule has 1 aromatic carbocycles. The van der Waals surface area contributed by atoms with Crippen LogP contribution in [0.4, 0.5) is 4.79 Å². The minimum Gasteiger partial charge on any atom is -0.486 e. The van der Waals surface area contributed by atoms with Crippen LogP contribution in [-0.2, 0) is 6.61 Å². The van der Waals surface area contributed by atoms with Crippen LogP contribution >= 0.6 is 11.3 Å². The maximum absolute atomic E-state index is 10.9. The predicted molar refractivity (Wildman–Crippen MR) is 74.5 cm³/mol. The number of hydrogen-bond donors (Lipinski definition) is 2. The van der Waals surface area contributed by atoms with Crippen molar-refractivity contribution >= 4 is 17.4 Å². The molecule has 0 saturated heterocycles. The topological polar surface area (TPSA) is 88.7 Å². The van der Waals surface area contributed by atoms with Crippen LogP contribution in [-0.4, -0.2) is 21.3 Å². The van der Waals surface area contributed by atoms with E-state index >= 15 is 0 Å². The number of aromatic nitrogens is 1. The number of hydrogen-bond acceptors (Lipinski definition) is 5. The van der Waals surface area contributed by atoms with Crippen molar-refractivity contribution in [2.75, 3.05) is 0 Å². The monoisotopic (exact) mass is 293 g/mol. The highest BCUT2D eigenvalue weighted by Crippen LogP contribution is 2.22. The average molecular weight is 293 g/mol. The molecule has 0 spiro atoms. The molecule has 1 atom stereocenters. The Morgan fingerprint density at radius 1 is 1.50 bits per heavy atom. The summed E-state index contributed by atoms with van der Waals surface area (Å²) in [5, 5.41) is 12.4. The lowest BCUT2D eigenvalue weighted by Crippen LogP contribution is -2.34. The Balaban J connectivity index is 1.97. The summed E-state index contributed by atoms with van der Waals surface area (Å²) >= 11 is 1.40. The number of hydroxylamine groups is 2. The number of rotatable bonds is 5. The predicted octanol–water partition coefficient (Wildman–Crippen LogP) is 2.55. The van der Waals surface area contributed by atoms with Crippen molar-refractivity contribution in [3.05, 3.63) is 46.4 Å². The Hall–Kier alpha value is -2.12. The van der Waals surface area contributed by atoms with Crippen LogP contribution in [0.15, 0.2) is 35.7 Å². The highest BCUT2D eigenvalue weighted by Gasteiger charge is 2.19. The molecule has 20 heavy (non-hydrogen) atoms. The van der Waals surface area contributed by atoms with Gasteiger partial charge >= 0.3 is 6.03 Å². The summed E-state index contributed by atoms with van der Waals surface area (Å²) in [5.41, 5.74) is 5.58. The van der Waals surface area contributed by atoms with Gasteiger partial charge in [0, 0.05) is 5.38 Å². The van der Waals surface area contributed by atoms with Gasteiger partial charge in [-0.05, 0) is 19.1 Å². The summed E-state index contributed by atoms with van der Waals surface area (Å²) in [7, 11) is 0. The number of carbonyl (C=O) groups is 1. The molecular weight excluding hydrogens is 278 g/mol. The molecule has 7 heteroatoms. The van der Waals surface area contributed by atoms with E-state index < -0.39 is 12.1 Å². The van der Waals surface area contributed by atoms with Gasteiger partial charge in [-0.15, -0.1) is 11.3 Å². The van der Waals surface area contributed by atoms with E-state index in [2.05, 4.69) is 4.98 Å². The number of benzene rings is 1. The molecule has 1 aromatic heterocycles. The minimum atomic E-state index is -0.910. The number of carbonyl (C=O) groups excluding carboxylic acids is 1. The van der Waals surface area contributed by atoms with Gasteiger partial charge in [-0.1, -0.05) is 18.2 Å². The molecular formula is C13H15N3O3S. The van der Waals surface area contributed by atoms with E-state index in [9.17, 15) is 10.0 Å². The molecule has 0 saturated carbocycles. The molecule has 106 valence electrons. The van der Waals surface area contributed by atoms with E-state index in [0.29, 0.717) is 17.4 Å². The first-order valence-electron chi connectivity index (χ1n) is 5.97. The number of thiazole rings is 1. The Morgan fingerprint density at radius 2 is 2.20 bits per heavy atom. The Kier molecular flexibility index (Phi) is 4.54. The van der Waals surface area contributed by atoms with Gasteiger partial charge in [0.05, 0.1) is 5.69 Å². The molecule has 0 fully saturated rings. The van der Waals surface area contributed by atoms with Crippen molar-refractivity contribution < 1.29 is 14.7 Å². The molecule has 0 aliphatic heterocycles. The fourth-order valence-corrected chi connectivity index (χ4v) is 2.35. The summed E-state index contributed by atoms with van der Waals surface area (Å²) in [6.07, 6.45) is 0. The molecule has 6 nitrogen and oxygen atoms in total. The molecule has 0 aliphatic carbocycles. The number of urea groups is 1. The molecule has 2 aromatic rings. The summed E-state index contributed by atoms with van der Waals surface area (Å²) in [6.45, 7) is 1.98. The van der Waals surface area contributed by atoms with Crippen molar-refractivity contribution in [3.8, 4) is 5.75 Å². The van der Waals surface area contributed by atoms with E-state index in [-0.39, 0.29) is 0 Å². The van der Waals surface area contributed by atoms with Gasteiger partial charge in [0.15, 0.2) is 0 Å². The Morgan fingerprint density at radius 3 is 2.85 bits per heavy atom. The summed E-state index contributed by atoms with van der Waals surface area (Å²) in [6, 6.07) is 7.92.